The van der Waals surface area contributed by atoms with E-state index < -0.39 is 17.9 Å². The summed E-state index contributed by atoms with van der Waals surface area (Å²) in [6.45, 7) is 6.31. The molecule has 0 rings (SSSR count). The molecule has 0 radical (unpaired) electrons. The average Bonchev–Trinajstić information content (AvgIpc) is 2.37. The second kappa shape index (κ2) is 11.0. The summed E-state index contributed by atoms with van der Waals surface area (Å²) in [6, 6.07) is 0. The number of carbonyl (C=O) groups excluding carboxylic acids is 2. The molecule has 1 unspecified atom stereocenters. The highest BCUT2D eigenvalue weighted by atomic mass is 17.2. The maximum absolute atomic E-state index is 11.7. The maximum Gasteiger partial charge on any atom is 0.356 e. The lowest BCUT2D eigenvalue weighted by Crippen LogP contribution is -2.28. The van der Waals surface area contributed by atoms with Crippen LogP contribution < -0.4 is 0 Å². The third-order valence-corrected chi connectivity index (χ3v) is 2.42. The first-order valence-electron chi connectivity index (χ1n) is 6.67. The van der Waals surface area contributed by atoms with E-state index in [1.807, 2.05) is 13.8 Å². The quantitative estimate of drug-likeness (QED) is 0.199. The molecule has 0 aromatic rings. The number of unbranched alkanes of at least 4 members (excludes halogenated alkanes) is 2. The zero-order valence-corrected chi connectivity index (χ0v) is 11.6. The fourth-order valence-corrected chi connectivity index (χ4v) is 1.33. The van der Waals surface area contributed by atoms with Crippen LogP contribution in [0.3, 0.4) is 0 Å². The van der Waals surface area contributed by atoms with Crippen LogP contribution in [0.5, 0.6) is 0 Å². The van der Waals surface area contributed by atoms with E-state index in [0.717, 1.165) is 25.7 Å². The second-order valence-corrected chi connectivity index (χ2v) is 4.02. The van der Waals surface area contributed by atoms with Crippen molar-refractivity contribution in [3.63, 3.8) is 0 Å². The van der Waals surface area contributed by atoms with Crippen molar-refractivity contribution in [3.05, 3.63) is 0 Å². The van der Waals surface area contributed by atoms with Gasteiger partial charge in [-0.05, 0) is 19.8 Å². The Morgan fingerprint density at radius 2 is 1.67 bits per heavy atom. The number of hydrogen-bond acceptors (Lipinski definition) is 5. The van der Waals surface area contributed by atoms with Crippen molar-refractivity contribution in [2.75, 3.05) is 13.2 Å². The van der Waals surface area contributed by atoms with Gasteiger partial charge in [-0.1, -0.05) is 33.1 Å². The third kappa shape index (κ3) is 7.27. The standard InChI is InChI=1S/C13H24O5/c1-4-7-9-11(13(15)18-17-6-3)12(14)16-10-8-5-2/h11H,4-10H2,1-3H3. The fraction of sp³-hybridized carbons (Fsp3) is 0.846. The zero-order chi connectivity index (χ0) is 13.8. The van der Waals surface area contributed by atoms with Gasteiger partial charge in [-0.25, -0.2) is 4.79 Å². The van der Waals surface area contributed by atoms with E-state index in [1.165, 1.54) is 0 Å². The van der Waals surface area contributed by atoms with E-state index in [4.69, 9.17) is 4.74 Å². The third-order valence-electron chi connectivity index (χ3n) is 2.42. The number of ether oxygens (including phenoxy) is 1. The van der Waals surface area contributed by atoms with Crippen molar-refractivity contribution in [3.8, 4) is 0 Å². The van der Waals surface area contributed by atoms with E-state index in [9.17, 15) is 9.59 Å². The summed E-state index contributed by atoms with van der Waals surface area (Å²) in [5, 5.41) is 0. The predicted octanol–water partition coefficient (Wildman–Crippen LogP) is 2.63. The van der Waals surface area contributed by atoms with Gasteiger partial charge in [0.15, 0.2) is 5.92 Å². The average molecular weight is 260 g/mol. The van der Waals surface area contributed by atoms with Gasteiger partial charge in [-0.15, -0.1) is 0 Å². The van der Waals surface area contributed by atoms with Crippen molar-refractivity contribution in [1.82, 2.24) is 0 Å². The summed E-state index contributed by atoms with van der Waals surface area (Å²) < 4.78 is 5.05. The summed E-state index contributed by atoms with van der Waals surface area (Å²) in [4.78, 5) is 32.5. The molecule has 5 nitrogen and oxygen atoms in total. The summed E-state index contributed by atoms with van der Waals surface area (Å²) in [7, 11) is 0. The number of carbonyl (C=O) groups is 2. The predicted molar refractivity (Wildman–Crippen MR) is 66.6 cm³/mol. The molecular weight excluding hydrogens is 236 g/mol. The Morgan fingerprint density at radius 1 is 1.00 bits per heavy atom. The first-order valence-corrected chi connectivity index (χ1v) is 6.67. The summed E-state index contributed by atoms with van der Waals surface area (Å²) in [5.74, 6) is -2.04. The molecular formula is C13H24O5. The minimum atomic E-state index is -0.867. The van der Waals surface area contributed by atoms with Gasteiger partial charge in [0.25, 0.3) is 0 Å². The summed E-state index contributed by atoms with van der Waals surface area (Å²) in [6.07, 6.45) is 3.85. The lowest BCUT2D eigenvalue weighted by molar-refractivity contribution is -0.273. The monoisotopic (exact) mass is 260 g/mol. The highest BCUT2D eigenvalue weighted by Crippen LogP contribution is 2.13. The van der Waals surface area contributed by atoms with E-state index >= 15 is 0 Å². The minimum Gasteiger partial charge on any atom is -0.465 e. The SMILES string of the molecule is CCCCOC(=O)C(CCCC)C(=O)OOCC. The Morgan fingerprint density at radius 3 is 2.22 bits per heavy atom. The highest BCUT2D eigenvalue weighted by molar-refractivity contribution is 5.94. The molecule has 0 N–H and O–H groups in total. The lowest BCUT2D eigenvalue weighted by atomic mass is 10.0. The number of rotatable bonds is 10. The van der Waals surface area contributed by atoms with Crippen LogP contribution in [-0.4, -0.2) is 25.2 Å². The van der Waals surface area contributed by atoms with Gasteiger partial charge in [0.05, 0.1) is 13.2 Å². The molecule has 0 aliphatic carbocycles. The molecule has 0 bridgehead atoms. The molecule has 0 amide bonds. The molecule has 0 fully saturated rings. The molecule has 0 aromatic carbocycles. The van der Waals surface area contributed by atoms with Crippen molar-refractivity contribution < 1.29 is 24.1 Å². The first kappa shape index (κ1) is 16.9. The molecule has 0 saturated carbocycles. The summed E-state index contributed by atoms with van der Waals surface area (Å²) in [5.41, 5.74) is 0. The van der Waals surface area contributed by atoms with Crippen LogP contribution in [0.25, 0.3) is 0 Å². The van der Waals surface area contributed by atoms with Crippen molar-refractivity contribution in [1.29, 1.82) is 0 Å². The molecule has 0 spiro atoms. The van der Waals surface area contributed by atoms with Crippen LogP contribution in [0.2, 0.25) is 0 Å². The molecule has 18 heavy (non-hydrogen) atoms. The van der Waals surface area contributed by atoms with Gasteiger partial charge in [0.1, 0.15) is 0 Å². The molecule has 0 heterocycles. The molecule has 1 atom stereocenters. The van der Waals surface area contributed by atoms with Crippen LogP contribution in [0, 0.1) is 5.92 Å². The Hall–Kier alpha value is -1.10. The van der Waals surface area contributed by atoms with Crippen molar-refractivity contribution in [2.24, 2.45) is 5.92 Å². The van der Waals surface area contributed by atoms with Gasteiger partial charge in [0, 0.05) is 0 Å². The largest absolute Gasteiger partial charge is 0.465 e. The van der Waals surface area contributed by atoms with Crippen molar-refractivity contribution in [2.45, 2.75) is 52.9 Å². The smallest absolute Gasteiger partial charge is 0.356 e. The fourth-order valence-electron chi connectivity index (χ4n) is 1.33. The van der Waals surface area contributed by atoms with Crippen LogP contribution in [0.4, 0.5) is 0 Å². The van der Waals surface area contributed by atoms with E-state index in [2.05, 4.69) is 9.78 Å². The number of esters is 1. The zero-order valence-electron chi connectivity index (χ0n) is 11.6. The van der Waals surface area contributed by atoms with Gasteiger partial charge in [-0.2, -0.15) is 4.89 Å². The topological polar surface area (TPSA) is 61.8 Å². The Kier molecular flexibility index (Phi) is 10.3. The van der Waals surface area contributed by atoms with Crippen LogP contribution >= 0.6 is 0 Å². The van der Waals surface area contributed by atoms with Crippen LogP contribution in [-0.2, 0) is 24.1 Å². The van der Waals surface area contributed by atoms with Crippen LogP contribution in [0.1, 0.15) is 52.9 Å². The van der Waals surface area contributed by atoms with Gasteiger partial charge in [0.2, 0.25) is 0 Å². The molecule has 0 saturated heterocycles. The van der Waals surface area contributed by atoms with E-state index in [-0.39, 0.29) is 6.61 Å². The summed E-state index contributed by atoms with van der Waals surface area (Å²) >= 11 is 0. The Bertz CT molecular complexity index is 240. The minimum absolute atomic E-state index is 0.261. The molecule has 0 aliphatic heterocycles. The van der Waals surface area contributed by atoms with Crippen molar-refractivity contribution >= 4 is 11.9 Å². The van der Waals surface area contributed by atoms with E-state index in [1.54, 1.807) is 6.92 Å². The Balaban J connectivity index is 4.26. The molecule has 0 aliphatic rings. The Labute approximate surface area is 109 Å². The highest BCUT2D eigenvalue weighted by Gasteiger charge is 2.30. The van der Waals surface area contributed by atoms with Gasteiger partial charge >= 0.3 is 11.9 Å². The van der Waals surface area contributed by atoms with E-state index in [0.29, 0.717) is 13.0 Å². The maximum atomic E-state index is 11.7. The van der Waals surface area contributed by atoms with Gasteiger partial charge in [-0.3, -0.25) is 9.68 Å². The number of hydrogen-bond donors (Lipinski definition) is 0. The normalized spacial score (nSPS) is 11.9. The molecule has 5 heteroatoms. The first-order chi connectivity index (χ1) is 8.67. The molecule has 0 aromatic heterocycles. The van der Waals surface area contributed by atoms with Gasteiger partial charge < -0.3 is 4.74 Å². The lowest BCUT2D eigenvalue weighted by Gasteiger charge is -2.13. The van der Waals surface area contributed by atoms with Crippen LogP contribution in [0.15, 0.2) is 0 Å². The second-order valence-electron chi connectivity index (χ2n) is 4.02. The molecule has 106 valence electrons.